The molecule has 1 aromatic rings. The molecule has 0 fully saturated rings. The molecular formula is C14H24N2O2S. The van der Waals surface area contributed by atoms with Crippen LogP contribution in [0.3, 0.4) is 0 Å². The largest absolute Gasteiger partial charge is 0.396 e. The summed E-state index contributed by atoms with van der Waals surface area (Å²) in [6, 6.07) is 5.20. The molecule has 0 aliphatic heterocycles. The van der Waals surface area contributed by atoms with Gasteiger partial charge in [-0.2, -0.15) is 0 Å². The van der Waals surface area contributed by atoms with Gasteiger partial charge in [0.25, 0.3) is 0 Å². The average Bonchev–Trinajstić information content (AvgIpc) is 2.34. The molecule has 4 nitrogen and oxygen atoms in total. The van der Waals surface area contributed by atoms with Gasteiger partial charge in [0.2, 0.25) is 0 Å². The number of nitrogen functional groups attached to an aromatic ring is 1. The highest BCUT2D eigenvalue weighted by Crippen LogP contribution is 2.30. The highest BCUT2D eigenvalue weighted by Gasteiger charge is 2.17. The molecule has 1 unspecified atom stereocenters. The fourth-order valence-corrected chi connectivity index (χ4v) is 2.86. The zero-order chi connectivity index (χ0) is 14.6. The number of nitrogens with two attached hydrogens (primary N) is 1. The van der Waals surface area contributed by atoms with Gasteiger partial charge in [-0.1, -0.05) is 26.3 Å². The van der Waals surface area contributed by atoms with Gasteiger partial charge in [0, 0.05) is 19.3 Å². The van der Waals surface area contributed by atoms with Crippen molar-refractivity contribution < 1.29 is 8.42 Å². The summed E-state index contributed by atoms with van der Waals surface area (Å²) >= 11 is 0. The van der Waals surface area contributed by atoms with Crippen molar-refractivity contribution in [2.45, 2.75) is 32.1 Å². The summed E-state index contributed by atoms with van der Waals surface area (Å²) in [6.45, 7) is 8.06. The molecule has 0 bridgehead atoms. The first-order chi connectivity index (χ1) is 8.81. The van der Waals surface area contributed by atoms with E-state index in [1.165, 1.54) is 6.26 Å². The lowest BCUT2D eigenvalue weighted by Crippen LogP contribution is -2.29. The van der Waals surface area contributed by atoms with E-state index in [-0.39, 0.29) is 4.90 Å². The van der Waals surface area contributed by atoms with Gasteiger partial charge < -0.3 is 10.6 Å². The maximum atomic E-state index is 11.7. The summed E-state index contributed by atoms with van der Waals surface area (Å²) in [5.41, 5.74) is 7.21. The fraction of sp³-hybridized carbons (Fsp3) is 0.571. The lowest BCUT2D eigenvalue weighted by atomic mass is 10.1. The Morgan fingerprint density at radius 1 is 1.32 bits per heavy atom. The molecule has 0 spiro atoms. The van der Waals surface area contributed by atoms with E-state index in [9.17, 15) is 8.42 Å². The van der Waals surface area contributed by atoms with Gasteiger partial charge in [-0.3, -0.25) is 0 Å². The van der Waals surface area contributed by atoms with E-state index in [0.29, 0.717) is 11.6 Å². The molecule has 0 amide bonds. The number of benzene rings is 1. The van der Waals surface area contributed by atoms with Crippen molar-refractivity contribution in [1.29, 1.82) is 0 Å². The third kappa shape index (κ3) is 3.86. The second-order valence-corrected chi connectivity index (χ2v) is 7.00. The monoisotopic (exact) mass is 284 g/mol. The number of nitrogens with zero attached hydrogens (tertiary/aromatic N) is 1. The molecule has 5 heteroatoms. The molecule has 1 rings (SSSR count). The molecule has 19 heavy (non-hydrogen) atoms. The molecule has 2 N–H and O–H groups in total. The van der Waals surface area contributed by atoms with Crippen molar-refractivity contribution in [3.05, 3.63) is 18.2 Å². The highest BCUT2D eigenvalue weighted by molar-refractivity contribution is 7.90. The van der Waals surface area contributed by atoms with Crippen LogP contribution in [0.1, 0.15) is 27.2 Å². The van der Waals surface area contributed by atoms with Crippen molar-refractivity contribution in [3.8, 4) is 0 Å². The van der Waals surface area contributed by atoms with Crippen LogP contribution >= 0.6 is 0 Å². The first-order valence-electron chi connectivity index (χ1n) is 6.64. The van der Waals surface area contributed by atoms with E-state index in [1.54, 1.807) is 12.1 Å². The minimum Gasteiger partial charge on any atom is -0.396 e. The van der Waals surface area contributed by atoms with E-state index in [1.807, 2.05) is 6.07 Å². The third-order valence-corrected chi connectivity index (χ3v) is 4.55. The maximum Gasteiger partial charge on any atom is 0.177 e. The second-order valence-electron chi connectivity index (χ2n) is 5.01. The SMILES string of the molecule is CCC(C)CN(CC)c1cccc(S(C)(=O)=O)c1N. The van der Waals surface area contributed by atoms with E-state index in [0.717, 1.165) is 25.2 Å². The minimum absolute atomic E-state index is 0.215. The van der Waals surface area contributed by atoms with Crippen LogP contribution < -0.4 is 10.6 Å². The molecule has 0 heterocycles. The van der Waals surface area contributed by atoms with E-state index in [4.69, 9.17) is 5.73 Å². The zero-order valence-corrected chi connectivity index (χ0v) is 13.0. The standard InChI is InChI=1S/C14H24N2O2S/c1-5-11(3)10-16(6-2)12-8-7-9-13(14(12)15)19(4,17)18/h7-9,11H,5-6,10,15H2,1-4H3. The van der Waals surface area contributed by atoms with Gasteiger partial charge in [0.1, 0.15) is 0 Å². The Hall–Kier alpha value is -1.23. The van der Waals surface area contributed by atoms with Crippen molar-refractivity contribution in [3.63, 3.8) is 0 Å². The molecule has 0 aliphatic rings. The predicted octanol–water partition coefficient (Wildman–Crippen LogP) is 2.54. The van der Waals surface area contributed by atoms with Gasteiger partial charge in [-0.05, 0) is 25.0 Å². The predicted molar refractivity (Wildman–Crippen MR) is 81.3 cm³/mol. The maximum absolute atomic E-state index is 11.7. The molecule has 0 radical (unpaired) electrons. The van der Waals surface area contributed by atoms with Gasteiger partial charge in [-0.15, -0.1) is 0 Å². The molecular weight excluding hydrogens is 260 g/mol. The van der Waals surface area contributed by atoms with Gasteiger partial charge in [-0.25, -0.2) is 8.42 Å². The summed E-state index contributed by atoms with van der Waals surface area (Å²) in [5, 5.41) is 0. The Kier molecular flexibility index (Phi) is 5.23. The zero-order valence-electron chi connectivity index (χ0n) is 12.2. The number of sulfone groups is 1. The van der Waals surface area contributed by atoms with Crippen LogP contribution in [0.25, 0.3) is 0 Å². The van der Waals surface area contributed by atoms with Crippen molar-refractivity contribution in [2.24, 2.45) is 5.92 Å². The number of hydrogen-bond donors (Lipinski definition) is 1. The molecule has 0 saturated carbocycles. The van der Waals surface area contributed by atoms with Crippen molar-refractivity contribution in [1.82, 2.24) is 0 Å². The molecule has 1 aromatic carbocycles. The first-order valence-corrected chi connectivity index (χ1v) is 8.53. The van der Waals surface area contributed by atoms with Gasteiger partial charge in [0.05, 0.1) is 16.3 Å². The summed E-state index contributed by atoms with van der Waals surface area (Å²) in [4.78, 5) is 2.35. The first kappa shape index (κ1) is 15.8. The molecule has 0 aliphatic carbocycles. The Balaban J connectivity index is 3.19. The Bertz CT molecular complexity index is 526. The number of anilines is 2. The molecule has 108 valence electrons. The Morgan fingerprint density at radius 2 is 1.95 bits per heavy atom. The molecule has 0 aromatic heterocycles. The summed E-state index contributed by atoms with van der Waals surface area (Å²) in [6.07, 6.45) is 2.27. The van der Waals surface area contributed by atoms with Crippen molar-refractivity contribution in [2.75, 3.05) is 30.0 Å². The smallest absolute Gasteiger partial charge is 0.177 e. The topological polar surface area (TPSA) is 63.4 Å². The van der Waals surface area contributed by atoms with Crippen LogP contribution in [0.4, 0.5) is 11.4 Å². The number of hydrogen-bond acceptors (Lipinski definition) is 4. The van der Waals surface area contributed by atoms with Crippen LogP contribution in [-0.2, 0) is 9.84 Å². The normalized spacial score (nSPS) is 13.3. The van der Waals surface area contributed by atoms with Crippen LogP contribution in [0.15, 0.2) is 23.1 Å². The van der Waals surface area contributed by atoms with Gasteiger partial charge in [0.15, 0.2) is 9.84 Å². The van der Waals surface area contributed by atoms with Crippen LogP contribution in [0.5, 0.6) is 0 Å². The number of rotatable bonds is 6. The summed E-state index contributed by atoms with van der Waals surface area (Å²) in [5.74, 6) is 0.543. The number of para-hydroxylation sites is 1. The average molecular weight is 284 g/mol. The lowest BCUT2D eigenvalue weighted by Gasteiger charge is -2.28. The van der Waals surface area contributed by atoms with E-state index < -0.39 is 9.84 Å². The Morgan fingerprint density at radius 3 is 2.42 bits per heavy atom. The van der Waals surface area contributed by atoms with E-state index >= 15 is 0 Å². The molecule has 1 atom stereocenters. The lowest BCUT2D eigenvalue weighted by molar-refractivity contribution is 0.548. The fourth-order valence-electron chi connectivity index (χ4n) is 2.03. The highest BCUT2D eigenvalue weighted by atomic mass is 32.2. The van der Waals surface area contributed by atoms with E-state index in [2.05, 4.69) is 25.7 Å². The summed E-state index contributed by atoms with van der Waals surface area (Å²) in [7, 11) is -3.28. The Labute approximate surface area is 116 Å². The molecule has 0 saturated heterocycles. The van der Waals surface area contributed by atoms with Crippen LogP contribution in [0.2, 0.25) is 0 Å². The minimum atomic E-state index is -3.28. The van der Waals surface area contributed by atoms with Crippen LogP contribution in [0, 0.1) is 5.92 Å². The van der Waals surface area contributed by atoms with Crippen molar-refractivity contribution >= 4 is 21.2 Å². The quantitative estimate of drug-likeness (QED) is 0.815. The summed E-state index contributed by atoms with van der Waals surface area (Å²) < 4.78 is 23.4. The third-order valence-electron chi connectivity index (χ3n) is 3.39. The van der Waals surface area contributed by atoms with Crippen LogP contribution in [-0.4, -0.2) is 27.8 Å². The second kappa shape index (κ2) is 6.28. The van der Waals surface area contributed by atoms with Gasteiger partial charge >= 0.3 is 0 Å².